The van der Waals surface area contributed by atoms with E-state index in [4.69, 9.17) is 9.47 Å². The van der Waals surface area contributed by atoms with E-state index in [0.717, 1.165) is 10.0 Å². The Labute approximate surface area is 156 Å². The predicted molar refractivity (Wildman–Crippen MR) is 98.5 cm³/mol. The molecule has 0 fully saturated rings. The van der Waals surface area contributed by atoms with Crippen molar-refractivity contribution < 1.29 is 19.1 Å². The fourth-order valence-electron chi connectivity index (χ4n) is 1.92. The van der Waals surface area contributed by atoms with E-state index in [1.54, 1.807) is 24.3 Å². The molecule has 2 rings (SSSR count). The summed E-state index contributed by atoms with van der Waals surface area (Å²) in [5, 5.41) is 2.68. The van der Waals surface area contributed by atoms with Crippen LogP contribution in [0.15, 0.2) is 45.3 Å². The quantitative estimate of drug-likeness (QED) is 0.680. The van der Waals surface area contributed by atoms with Gasteiger partial charge in [-0.15, -0.1) is 0 Å². The van der Waals surface area contributed by atoms with Gasteiger partial charge in [0.25, 0.3) is 5.91 Å². The molecule has 0 spiro atoms. The van der Waals surface area contributed by atoms with Gasteiger partial charge in [-0.3, -0.25) is 4.79 Å². The third kappa shape index (κ3) is 4.82. The average Bonchev–Trinajstić information content (AvgIpc) is 2.55. The molecule has 24 heavy (non-hydrogen) atoms. The van der Waals surface area contributed by atoms with E-state index in [1.807, 2.05) is 19.1 Å². The van der Waals surface area contributed by atoms with Crippen molar-refractivity contribution in [3.8, 4) is 5.75 Å². The van der Waals surface area contributed by atoms with Crippen molar-refractivity contribution in [2.75, 3.05) is 19.0 Å². The van der Waals surface area contributed by atoms with Crippen LogP contribution < -0.4 is 10.1 Å². The number of aryl methyl sites for hydroxylation is 1. The van der Waals surface area contributed by atoms with Gasteiger partial charge in [0, 0.05) is 4.47 Å². The van der Waals surface area contributed by atoms with Gasteiger partial charge in [0.05, 0.1) is 22.8 Å². The van der Waals surface area contributed by atoms with Crippen LogP contribution in [0.4, 0.5) is 5.69 Å². The second kappa shape index (κ2) is 8.30. The number of benzene rings is 2. The Morgan fingerprint density at radius 1 is 1.08 bits per heavy atom. The maximum absolute atomic E-state index is 12.0. The highest BCUT2D eigenvalue weighted by atomic mass is 79.9. The van der Waals surface area contributed by atoms with E-state index in [0.29, 0.717) is 21.5 Å². The molecule has 0 atom stereocenters. The molecule has 0 radical (unpaired) electrons. The van der Waals surface area contributed by atoms with E-state index < -0.39 is 11.9 Å². The largest absolute Gasteiger partial charge is 0.496 e. The summed E-state index contributed by atoms with van der Waals surface area (Å²) in [7, 11) is 1.53. The summed E-state index contributed by atoms with van der Waals surface area (Å²) in [5.41, 5.74) is 2.01. The maximum Gasteiger partial charge on any atom is 0.338 e. The van der Waals surface area contributed by atoms with Crippen LogP contribution in [0.25, 0.3) is 0 Å². The number of methoxy groups -OCH3 is 1. The third-order valence-electron chi connectivity index (χ3n) is 3.12. The number of anilines is 1. The van der Waals surface area contributed by atoms with Gasteiger partial charge in [0.2, 0.25) is 0 Å². The lowest BCUT2D eigenvalue weighted by molar-refractivity contribution is -0.119. The van der Waals surface area contributed by atoms with Gasteiger partial charge >= 0.3 is 5.97 Å². The highest BCUT2D eigenvalue weighted by Gasteiger charge is 2.13. The molecular formula is C17H15Br2NO4. The van der Waals surface area contributed by atoms with Crippen molar-refractivity contribution in [2.24, 2.45) is 0 Å². The number of hydrogen-bond donors (Lipinski definition) is 1. The van der Waals surface area contributed by atoms with Crippen molar-refractivity contribution >= 4 is 49.4 Å². The van der Waals surface area contributed by atoms with Crippen LogP contribution in [0.5, 0.6) is 5.75 Å². The Hall–Kier alpha value is -1.86. The lowest BCUT2D eigenvalue weighted by Crippen LogP contribution is -2.21. The Bertz CT molecular complexity index is 777. The zero-order valence-corrected chi connectivity index (χ0v) is 16.2. The molecule has 2 aromatic carbocycles. The second-order valence-electron chi connectivity index (χ2n) is 4.96. The summed E-state index contributed by atoms with van der Waals surface area (Å²) < 4.78 is 11.5. The van der Waals surface area contributed by atoms with Crippen LogP contribution in [0, 0.1) is 6.92 Å². The lowest BCUT2D eigenvalue weighted by atomic mass is 10.2. The first-order valence-electron chi connectivity index (χ1n) is 6.97. The van der Waals surface area contributed by atoms with E-state index in [-0.39, 0.29) is 6.61 Å². The van der Waals surface area contributed by atoms with E-state index in [2.05, 4.69) is 37.2 Å². The minimum absolute atomic E-state index is 0.326. The number of nitrogens with one attached hydrogen (secondary N) is 1. The standard InChI is InChI=1S/C17H15Br2NO4/c1-10-3-5-14(12(18)7-10)20-16(21)9-24-17(22)11-4-6-15(23-2)13(19)8-11/h3-8H,9H2,1-2H3,(H,20,21). The molecule has 0 heterocycles. The summed E-state index contributed by atoms with van der Waals surface area (Å²) >= 11 is 6.67. The van der Waals surface area contributed by atoms with Gasteiger partial charge < -0.3 is 14.8 Å². The molecule has 2 aromatic rings. The van der Waals surface area contributed by atoms with Crippen LogP contribution in [0.1, 0.15) is 15.9 Å². The molecule has 0 bridgehead atoms. The summed E-state index contributed by atoms with van der Waals surface area (Å²) in [6.07, 6.45) is 0. The van der Waals surface area contributed by atoms with Gasteiger partial charge in [-0.25, -0.2) is 4.79 Å². The first-order valence-corrected chi connectivity index (χ1v) is 8.56. The smallest absolute Gasteiger partial charge is 0.338 e. The van der Waals surface area contributed by atoms with Crippen LogP contribution in [0.2, 0.25) is 0 Å². The highest BCUT2D eigenvalue weighted by molar-refractivity contribution is 9.11. The Morgan fingerprint density at radius 2 is 1.83 bits per heavy atom. The molecule has 5 nitrogen and oxygen atoms in total. The summed E-state index contributed by atoms with van der Waals surface area (Å²) in [6, 6.07) is 10.3. The van der Waals surface area contributed by atoms with Gasteiger partial charge in [0.1, 0.15) is 5.75 Å². The highest BCUT2D eigenvalue weighted by Crippen LogP contribution is 2.26. The number of carbonyl (C=O) groups is 2. The average molecular weight is 457 g/mol. The van der Waals surface area contributed by atoms with Crippen LogP contribution in [0.3, 0.4) is 0 Å². The number of carbonyl (C=O) groups excluding carboxylic acids is 2. The Kier molecular flexibility index (Phi) is 6.39. The van der Waals surface area contributed by atoms with Crippen LogP contribution in [-0.4, -0.2) is 25.6 Å². The van der Waals surface area contributed by atoms with Crippen molar-refractivity contribution in [1.82, 2.24) is 0 Å². The number of amides is 1. The van der Waals surface area contributed by atoms with Crippen LogP contribution >= 0.6 is 31.9 Å². The molecule has 0 saturated carbocycles. The Morgan fingerprint density at radius 3 is 2.46 bits per heavy atom. The lowest BCUT2D eigenvalue weighted by Gasteiger charge is -2.09. The van der Waals surface area contributed by atoms with Crippen molar-refractivity contribution in [1.29, 1.82) is 0 Å². The van der Waals surface area contributed by atoms with Gasteiger partial charge in [-0.2, -0.15) is 0 Å². The SMILES string of the molecule is COc1ccc(C(=O)OCC(=O)Nc2ccc(C)cc2Br)cc1Br. The molecule has 0 aliphatic heterocycles. The minimum atomic E-state index is -0.587. The molecule has 0 aromatic heterocycles. The molecule has 126 valence electrons. The predicted octanol–water partition coefficient (Wildman–Crippen LogP) is 4.32. The second-order valence-corrected chi connectivity index (χ2v) is 6.67. The zero-order chi connectivity index (χ0) is 17.7. The minimum Gasteiger partial charge on any atom is -0.496 e. The zero-order valence-electron chi connectivity index (χ0n) is 13.1. The number of hydrogen-bond acceptors (Lipinski definition) is 4. The first-order chi connectivity index (χ1) is 11.4. The van der Waals surface area contributed by atoms with Crippen LogP contribution in [-0.2, 0) is 9.53 Å². The van der Waals surface area contributed by atoms with Crippen molar-refractivity contribution in [3.63, 3.8) is 0 Å². The van der Waals surface area contributed by atoms with Gasteiger partial charge in [-0.05, 0) is 74.7 Å². The third-order valence-corrected chi connectivity index (χ3v) is 4.40. The Balaban J connectivity index is 1.93. The normalized spacial score (nSPS) is 10.2. The van der Waals surface area contributed by atoms with E-state index in [1.165, 1.54) is 7.11 Å². The monoisotopic (exact) mass is 455 g/mol. The molecular weight excluding hydrogens is 442 g/mol. The van der Waals surface area contributed by atoms with E-state index >= 15 is 0 Å². The molecule has 0 unspecified atom stereocenters. The van der Waals surface area contributed by atoms with E-state index in [9.17, 15) is 9.59 Å². The molecule has 1 amide bonds. The van der Waals surface area contributed by atoms with Gasteiger partial charge in [0.15, 0.2) is 6.61 Å². The number of rotatable bonds is 5. The molecule has 7 heteroatoms. The molecule has 1 N–H and O–H groups in total. The van der Waals surface area contributed by atoms with Crippen molar-refractivity contribution in [3.05, 3.63) is 56.5 Å². The number of halogens is 2. The first kappa shape index (κ1) is 18.5. The summed E-state index contributed by atoms with van der Waals surface area (Å²) in [6.45, 7) is 1.58. The topological polar surface area (TPSA) is 64.6 Å². The number of esters is 1. The maximum atomic E-state index is 12.0. The summed E-state index contributed by atoms with van der Waals surface area (Å²) in [4.78, 5) is 23.9. The molecule has 0 aliphatic carbocycles. The molecule has 0 aliphatic rings. The van der Waals surface area contributed by atoms with Gasteiger partial charge in [-0.1, -0.05) is 6.07 Å². The fourth-order valence-corrected chi connectivity index (χ4v) is 3.05. The summed E-state index contributed by atoms with van der Waals surface area (Å²) in [5.74, 6) is -0.398. The number of ether oxygens (including phenoxy) is 2. The van der Waals surface area contributed by atoms with Crippen molar-refractivity contribution in [2.45, 2.75) is 6.92 Å². The molecule has 0 saturated heterocycles. The fraction of sp³-hybridized carbons (Fsp3) is 0.176.